The van der Waals surface area contributed by atoms with Gasteiger partial charge >= 0.3 is 11.7 Å². The summed E-state index contributed by atoms with van der Waals surface area (Å²) in [6.45, 7) is 0.261. The summed E-state index contributed by atoms with van der Waals surface area (Å²) in [4.78, 5) is 34.1. The Bertz CT molecular complexity index is 1160. The van der Waals surface area contributed by atoms with Crippen molar-refractivity contribution in [3.05, 3.63) is 22.2 Å². The average molecular weight is 618 g/mol. The molecule has 0 bridgehead atoms. The van der Waals surface area contributed by atoms with Gasteiger partial charge in [0, 0.05) is 19.0 Å². The number of rotatable bonds is 23. The van der Waals surface area contributed by atoms with E-state index < -0.39 is 31.4 Å². The molecular weight excluding hydrogens is 573 g/mol. The molecule has 1 aromatic heterocycles. The fourth-order valence-corrected chi connectivity index (χ4v) is 4.68. The molecule has 1 heterocycles. The second-order valence-electron chi connectivity index (χ2n) is 11.1. The largest absolute Gasteiger partial charge is 0.756 e. The minimum atomic E-state index is -4.53. The maximum absolute atomic E-state index is 11.9. The lowest BCUT2D eigenvalue weighted by Crippen LogP contribution is -2.37. The predicted molar refractivity (Wildman–Crippen MR) is 152 cm³/mol. The van der Waals surface area contributed by atoms with E-state index in [1.54, 1.807) is 6.07 Å². The van der Waals surface area contributed by atoms with Gasteiger partial charge in [-0.15, -0.1) is 0 Å². The number of esters is 1. The van der Waals surface area contributed by atoms with Crippen molar-refractivity contribution in [3.63, 3.8) is 0 Å². The topological polar surface area (TPSA) is 199 Å². The molecule has 0 aliphatic heterocycles. The van der Waals surface area contributed by atoms with Crippen LogP contribution in [0, 0.1) is 10.1 Å². The van der Waals surface area contributed by atoms with Gasteiger partial charge in [0.15, 0.2) is 5.52 Å². The number of nitrogens with zero attached hydrogens (tertiary/aromatic N) is 4. The van der Waals surface area contributed by atoms with Crippen molar-refractivity contribution in [1.29, 1.82) is 0 Å². The molecule has 2 N–H and O–H groups in total. The molecule has 16 heteroatoms. The highest BCUT2D eigenvalue weighted by atomic mass is 31.2. The minimum absolute atomic E-state index is 0.0339. The van der Waals surface area contributed by atoms with Crippen molar-refractivity contribution in [2.45, 2.75) is 70.3 Å². The number of aliphatic hydroxyl groups excluding tert-OH is 1. The first-order valence-electron chi connectivity index (χ1n) is 14.3. The van der Waals surface area contributed by atoms with Crippen LogP contribution in [0.1, 0.15) is 64.2 Å². The number of phosphoric acid groups is 1. The number of ether oxygens (including phenoxy) is 1. The SMILES string of the molecule is C[N+](C)(C)CCOP(=O)([O-])OC[C@H](O)COC(=O)CCCCCCCCCCCNc1ccc([N+](=O)[O-])c2nonc12. The Labute approximate surface area is 245 Å². The van der Waals surface area contributed by atoms with Gasteiger partial charge in [0.2, 0.25) is 5.52 Å². The Morgan fingerprint density at radius 1 is 1.02 bits per heavy atom. The number of nitrogens with one attached hydrogen (secondary N) is 1. The van der Waals surface area contributed by atoms with E-state index in [2.05, 4.69) is 24.8 Å². The molecule has 0 radical (unpaired) electrons. The van der Waals surface area contributed by atoms with Gasteiger partial charge < -0.3 is 33.6 Å². The van der Waals surface area contributed by atoms with Crippen LogP contribution in [0.25, 0.3) is 11.0 Å². The summed E-state index contributed by atoms with van der Waals surface area (Å²) in [5, 5.41) is 31.5. The Balaban J connectivity index is 1.42. The summed E-state index contributed by atoms with van der Waals surface area (Å²) >= 11 is 0. The summed E-state index contributed by atoms with van der Waals surface area (Å²) in [7, 11) is 1.16. The fraction of sp³-hybridized carbons (Fsp3) is 0.731. The van der Waals surface area contributed by atoms with Crippen LogP contribution >= 0.6 is 7.82 Å². The molecule has 0 saturated carbocycles. The number of phosphoric ester groups is 1. The number of aromatic nitrogens is 2. The molecule has 0 saturated heterocycles. The number of unbranched alkanes of at least 4 members (excludes halogenated alkanes) is 8. The molecule has 2 rings (SSSR count). The third-order valence-corrected chi connectivity index (χ3v) is 7.30. The van der Waals surface area contributed by atoms with Crippen LogP contribution in [0.15, 0.2) is 16.8 Å². The molecule has 1 aromatic carbocycles. The lowest BCUT2D eigenvalue weighted by atomic mass is 10.1. The van der Waals surface area contributed by atoms with Crippen LogP contribution in [-0.2, 0) is 23.1 Å². The number of benzene rings is 1. The van der Waals surface area contributed by atoms with Crippen LogP contribution < -0.4 is 10.2 Å². The quantitative estimate of drug-likeness (QED) is 0.0458. The highest BCUT2D eigenvalue weighted by molar-refractivity contribution is 7.45. The first kappa shape index (κ1) is 35.5. The monoisotopic (exact) mass is 617 g/mol. The van der Waals surface area contributed by atoms with E-state index in [0.29, 0.717) is 35.2 Å². The van der Waals surface area contributed by atoms with Crippen molar-refractivity contribution >= 4 is 36.2 Å². The summed E-state index contributed by atoms with van der Waals surface area (Å²) < 4.78 is 31.3. The van der Waals surface area contributed by atoms with Crippen LogP contribution in [0.5, 0.6) is 0 Å². The van der Waals surface area contributed by atoms with Gasteiger partial charge in [0.1, 0.15) is 25.9 Å². The number of anilines is 1. The molecule has 2 aromatic rings. The van der Waals surface area contributed by atoms with Crippen LogP contribution in [0.3, 0.4) is 0 Å². The second kappa shape index (κ2) is 18.1. The van der Waals surface area contributed by atoms with Gasteiger partial charge in [-0.05, 0) is 29.2 Å². The third kappa shape index (κ3) is 14.5. The second-order valence-corrected chi connectivity index (χ2v) is 12.5. The van der Waals surface area contributed by atoms with E-state index in [-0.39, 0.29) is 30.8 Å². The number of nitro groups is 1. The number of aliphatic hydroxyl groups is 1. The number of carbonyl (C=O) groups excluding carboxylic acids is 1. The van der Waals surface area contributed by atoms with Gasteiger partial charge in [0.05, 0.1) is 38.4 Å². The molecule has 15 nitrogen and oxygen atoms in total. The van der Waals surface area contributed by atoms with Crippen molar-refractivity contribution in [1.82, 2.24) is 10.3 Å². The number of fused-ring (bicyclic) bond motifs is 1. The number of non-ortho nitro benzene ring substituents is 1. The zero-order valence-corrected chi connectivity index (χ0v) is 25.6. The van der Waals surface area contributed by atoms with Crippen molar-refractivity contribution < 1.29 is 47.2 Å². The zero-order chi connectivity index (χ0) is 31.0. The Morgan fingerprint density at radius 2 is 1.64 bits per heavy atom. The van der Waals surface area contributed by atoms with Crippen LogP contribution in [0.4, 0.5) is 11.4 Å². The Morgan fingerprint density at radius 3 is 2.29 bits per heavy atom. The fourth-order valence-electron chi connectivity index (χ4n) is 3.95. The summed E-state index contributed by atoms with van der Waals surface area (Å²) in [6.07, 6.45) is 7.99. The van der Waals surface area contributed by atoms with Crippen LogP contribution in [-0.4, -0.2) is 91.0 Å². The van der Waals surface area contributed by atoms with Gasteiger partial charge in [-0.2, -0.15) is 0 Å². The molecule has 0 amide bonds. The summed E-state index contributed by atoms with van der Waals surface area (Å²) in [5.74, 6) is -0.443. The predicted octanol–water partition coefficient (Wildman–Crippen LogP) is 3.56. The van der Waals surface area contributed by atoms with Crippen molar-refractivity contribution in [2.24, 2.45) is 0 Å². The van der Waals surface area contributed by atoms with E-state index >= 15 is 0 Å². The maximum Gasteiger partial charge on any atom is 0.305 e. The third-order valence-electron chi connectivity index (χ3n) is 6.34. The lowest BCUT2D eigenvalue weighted by Gasteiger charge is -2.27. The molecule has 0 aliphatic carbocycles. The van der Waals surface area contributed by atoms with E-state index in [0.717, 1.165) is 51.4 Å². The molecule has 238 valence electrons. The van der Waals surface area contributed by atoms with Crippen molar-refractivity contribution in [2.75, 3.05) is 59.4 Å². The standard InChI is InChI=1S/C26H44N5O10P/c1-31(2,3)17-18-39-42(36,37)40-20-21(32)19-38-24(33)13-11-9-7-5-4-6-8-10-12-16-27-22-14-15-23(30(34)35)26-25(22)28-41-29-26/h14-15,21,32H,4-13,16-20H2,1-3H3,(H-,27,29,36,37)/t21-/m1/s1. The van der Waals surface area contributed by atoms with Gasteiger partial charge in [-0.3, -0.25) is 19.5 Å². The molecule has 0 spiro atoms. The van der Waals surface area contributed by atoms with E-state index in [4.69, 9.17) is 9.26 Å². The normalized spacial score (nSPS) is 14.0. The molecule has 0 fully saturated rings. The van der Waals surface area contributed by atoms with E-state index in [1.807, 2.05) is 21.1 Å². The van der Waals surface area contributed by atoms with Gasteiger partial charge in [0.25, 0.3) is 7.82 Å². The first-order chi connectivity index (χ1) is 19.9. The smallest absolute Gasteiger partial charge is 0.305 e. The Kier molecular flexibility index (Phi) is 15.3. The van der Waals surface area contributed by atoms with E-state index in [9.17, 15) is 29.5 Å². The molecule has 42 heavy (non-hydrogen) atoms. The van der Waals surface area contributed by atoms with Gasteiger partial charge in [-0.1, -0.05) is 44.9 Å². The molecule has 2 atom stereocenters. The number of quaternary nitrogens is 1. The zero-order valence-electron chi connectivity index (χ0n) is 24.7. The summed E-state index contributed by atoms with van der Waals surface area (Å²) in [5.41, 5.74) is 1.01. The number of nitro benzene ring substituents is 1. The minimum Gasteiger partial charge on any atom is -0.756 e. The first-order valence-corrected chi connectivity index (χ1v) is 15.7. The van der Waals surface area contributed by atoms with Crippen LogP contribution in [0.2, 0.25) is 0 Å². The number of hydrogen-bond donors (Lipinski definition) is 2. The Hall–Kier alpha value is -2.68. The number of hydrogen-bond acceptors (Lipinski definition) is 13. The van der Waals surface area contributed by atoms with Crippen molar-refractivity contribution in [3.8, 4) is 0 Å². The average Bonchev–Trinajstić information content (AvgIpc) is 3.40. The molecule has 1 unspecified atom stereocenters. The van der Waals surface area contributed by atoms with E-state index in [1.165, 1.54) is 6.07 Å². The molecule has 0 aliphatic rings. The number of likely N-dealkylation sites (N-methyl/N-ethyl adjacent to an activating group) is 1. The highest BCUT2D eigenvalue weighted by Gasteiger charge is 2.19. The molecular formula is C26H44N5O10P. The lowest BCUT2D eigenvalue weighted by molar-refractivity contribution is -0.870. The maximum atomic E-state index is 11.9. The van der Waals surface area contributed by atoms with Gasteiger partial charge in [-0.25, -0.2) is 4.63 Å². The number of carbonyl (C=O) groups is 1. The highest BCUT2D eigenvalue weighted by Crippen LogP contribution is 2.38. The summed E-state index contributed by atoms with van der Waals surface area (Å²) in [6, 6.07) is 3.01.